The van der Waals surface area contributed by atoms with E-state index in [1.807, 2.05) is 30.3 Å². The fraction of sp³-hybridized carbons (Fsp3) is 0.409. The van der Waals surface area contributed by atoms with E-state index in [1.54, 1.807) is 12.1 Å². The lowest BCUT2D eigenvalue weighted by molar-refractivity contribution is -0.118. The van der Waals surface area contributed by atoms with Crippen molar-refractivity contribution in [3.05, 3.63) is 48.0 Å². The highest BCUT2D eigenvalue weighted by atomic mass is 28.4. The van der Waals surface area contributed by atoms with Crippen LogP contribution in [0.3, 0.4) is 0 Å². The Morgan fingerprint density at radius 1 is 1.11 bits per heavy atom. The Morgan fingerprint density at radius 3 is 2.30 bits per heavy atom. The average Bonchev–Trinajstić information content (AvgIpc) is 2.55. The Kier molecular flexibility index (Phi) is 6.37. The van der Waals surface area contributed by atoms with Gasteiger partial charge in [-0.25, -0.2) is 0 Å². The number of hydrogen-bond acceptors (Lipinski definition) is 3. The van der Waals surface area contributed by atoms with Crippen molar-refractivity contribution in [3.8, 4) is 22.6 Å². The minimum absolute atomic E-state index is 0.0394. The molecule has 0 fully saturated rings. The second-order valence-corrected chi connectivity index (χ2v) is 13.2. The molecular weight excluding hydrogens is 354 g/mol. The number of nitrogens with one attached hydrogen (secondary N) is 1. The predicted molar refractivity (Wildman–Crippen MR) is 114 cm³/mol. The zero-order valence-corrected chi connectivity index (χ0v) is 18.2. The van der Waals surface area contributed by atoms with Crippen molar-refractivity contribution in [2.24, 2.45) is 0 Å². The highest BCUT2D eigenvalue weighted by Crippen LogP contribution is 2.38. The second-order valence-electron chi connectivity index (χ2n) is 8.46. The molecule has 0 heterocycles. The number of phenols is 1. The molecule has 27 heavy (non-hydrogen) atoms. The molecular formula is C22H31NO3Si. The van der Waals surface area contributed by atoms with Gasteiger partial charge in [0.05, 0.1) is 0 Å². The summed E-state index contributed by atoms with van der Waals surface area (Å²) in [4.78, 5) is 11.1. The lowest BCUT2D eigenvalue weighted by Crippen LogP contribution is -2.43. The molecule has 0 aliphatic rings. The van der Waals surface area contributed by atoms with Crippen molar-refractivity contribution in [1.29, 1.82) is 0 Å². The fourth-order valence-corrected chi connectivity index (χ4v) is 3.61. The monoisotopic (exact) mass is 385 g/mol. The summed E-state index contributed by atoms with van der Waals surface area (Å²) in [7, 11) is -1.87. The smallest absolute Gasteiger partial charge is 0.250 e. The van der Waals surface area contributed by atoms with Crippen LogP contribution in [0.15, 0.2) is 42.5 Å². The van der Waals surface area contributed by atoms with Crippen LogP contribution in [-0.2, 0) is 11.2 Å². The molecule has 4 nitrogen and oxygen atoms in total. The van der Waals surface area contributed by atoms with Gasteiger partial charge >= 0.3 is 0 Å². The maximum absolute atomic E-state index is 11.1. The van der Waals surface area contributed by atoms with Crippen molar-refractivity contribution in [2.75, 3.05) is 6.54 Å². The Balaban J connectivity index is 2.23. The molecule has 2 rings (SSSR count). The second kappa shape index (κ2) is 8.17. The van der Waals surface area contributed by atoms with Crippen LogP contribution < -0.4 is 9.74 Å². The molecule has 146 valence electrons. The van der Waals surface area contributed by atoms with E-state index in [4.69, 9.17) is 4.43 Å². The molecule has 2 aromatic rings. The van der Waals surface area contributed by atoms with E-state index in [0.29, 0.717) is 13.0 Å². The highest BCUT2D eigenvalue weighted by Gasteiger charge is 2.38. The average molecular weight is 386 g/mol. The zero-order valence-electron chi connectivity index (χ0n) is 17.2. The molecule has 0 aliphatic heterocycles. The van der Waals surface area contributed by atoms with Gasteiger partial charge in [0.25, 0.3) is 0 Å². The first kappa shape index (κ1) is 21.0. The van der Waals surface area contributed by atoms with Gasteiger partial charge in [0.15, 0.2) is 0 Å². The van der Waals surface area contributed by atoms with Gasteiger partial charge in [-0.15, -0.1) is 0 Å². The Labute approximate surface area is 163 Å². The molecule has 2 aromatic carbocycles. The summed E-state index contributed by atoms with van der Waals surface area (Å²) in [6, 6.07) is 13.4. The van der Waals surface area contributed by atoms with Crippen LogP contribution in [0.5, 0.6) is 11.5 Å². The van der Waals surface area contributed by atoms with E-state index in [1.165, 1.54) is 6.92 Å². The van der Waals surface area contributed by atoms with Crippen LogP contribution in [-0.4, -0.2) is 25.9 Å². The van der Waals surface area contributed by atoms with Gasteiger partial charge < -0.3 is 14.8 Å². The topological polar surface area (TPSA) is 58.6 Å². The number of hydrogen-bond donors (Lipinski definition) is 2. The molecule has 0 unspecified atom stereocenters. The number of rotatable bonds is 6. The summed E-state index contributed by atoms with van der Waals surface area (Å²) in [5.41, 5.74) is 3.07. The molecule has 0 atom stereocenters. The van der Waals surface area contributed by atoms with Gasteiger partial charge in [0.1, 0.15) is 11.5 Å². The largest absolute Gasteiger partial charge is 0.544 e. The molecule has 0 aromatic heterocycles. The quantitative estimate of drug-likeness (QED) is 0.678. The third kappa shape index (κ3) is 5.60. The van der Waals surface area contributed by atoms with Gasteiger partial charge in [-0.3, -0.25) is 4.79 Å². The standard InChI is InChI=1S/C22H31NO3Si/c1-16(24)23-14-13-18-7-10-19(25)15-21(18)17-8-11-20(12-9-17)26-27(5,6)22(2,3)4/h7-12,15,25H,13-14H2,1-6H3,(H,23,24). The van der Waals surface area contributed by atoms with E-state index < -0.39 is 8.32 Å². The van der Waals surface area contributed by atoms with E-state index in [9.17, 15) is 9.90 Å². The lowest BCUT2D eigenvalue weighted by Gasteiger charge is -2.36. The minimum Gasteiger partial charge on any atom is -0.544 e. The van der Waals surface area contributed by atoms with Crippen molar-refractivity contribution in [1.82, 2.24) is 5.32 Å². The molecule has 2 N–H and O–H groups in total. The highest BCUT2D eigenvalue weighted by molar-refractivity contribution is 6.74. The first-order chi connectivity index (χ1) is 12.5. The fourth-order valence-electron chi connectivity index (χ4n) is 2.57. The van der Waals surface area contributed by atoms with E-state index in [-0.39, 0.29) is 16.7 Å². The summed E-state index contributed by atoms with van der Waals surface area (Å²) >= 11 is 0. The van der Waals surface area contributed by atoms with Crippen molar-refractivity contribution in [3.63, 3.8) is 0 Å². The maximum atomic E-state index is 11.1. The lowest BCUT2D eigenvalue weighted by atomic mass is 9.97. The van der Waals surface area contributed by atoms with Gasteiger partial charge in [-0.2, -0.15) is 0 Å². The predicted octanol–water partition coefficient (Wildman–Crippen LogP) is 5.12. The summed E-state index contributed by atoms with van der Waals surface area (Å²) < 4.78 is 6.34. The van der Waals surface area contributed by atoms with Crippen molar-refractivity contribution in [2.45, 2.75) is 52.2 Å². The summed E-state index contributed by atoms with van der Waals surface area (Å²) in [5, 5.41) is 12.9. The Morgan fingerprint density at radius 2 is 1.74 bits per heavy atom. The van der Waals surface area contributed by atoms with Crippen LogP contribution in [0.1, 0.15) is 33.3 Å². The van der Waals surface area contributed by atoms with Crippen molar-refractivity contribution < 1.29 is 14.3 Å². The summed E-state index contributed by atoms with van der Waals surface area (Å²) in [6.07, 6.45) is 0.706. The van der Waals surface area contributed by atoms with Gasteiger partial charge in [0.2, 0.25) is 14.2 Å². The number of carbonyl (C=O) groups is 1. The number of phenolic OH excluding ortho intramolecular Hbond substituents is 1. The first-order valence-electron chi connectivity index (χ1n) is 9.35. The zero-order chi connectivity index (χ0) is 20.2. The first-order valence-corrected chi connectivity index (χ1v) is 12.3. The SMILES string of the molecule is CC(=O)NCCc1ccc(O)cc1-c1ccc(O[Si](C)(C)C(C)(C)C)cc1. The number of carbonyl (C=O) groups excluding carboxylic acids is 1. The molecule has 5 heteroatoms. The molecule has 0 spiro atoms. The van der Waals surface area contributed by atoms with Crippen LogP contribution in [0.4, 0.5) is 0 Å². The summed E-state index contributed by atoms with van der Waals surface area (Å²) in [5.74, 6) is 1.07. The molecule has 1 amide bonds. The molecule has 0 saturated carbocycles. The van der Waals surface area contributed by atoms with Crippen molar-refractivity contribution >= 4 is 14.2 Å². The number of amides is 1. The molecule has 0 aliphatic carbocycles. The number of aromatic hydroxyl groups is 1. The molecule has 0 radical (unpaired) electrons. The van der Waals surface area contributed by atoms with E-state index >= 15 is 0 Å². The normalized spacial score (nSPS) is 11.9. The van der Waals surface area contributed by atoms with E-state index in [2.05, 4.69) is 39.2 Å². The van der Waals surface area contributed by atoms with Gasteiger partial charge in [-0.1, -0.05) is 39.0 Å². The molecule has 0 saturated heterocycles. The third-order valence-electron chi connectivity index (χ3n) is 5.21. The minimum atomic E-state index is -1.87. The molecule has 0 bridgehead atoms. The number of benzene rings is 2. The van der Waals surface area contributed by atoms with Gasteiger partial charge in [-0.05, 0) is 65.5 Å². The Bertz CT molecular complexity index is 792. The third-order valence-corrected chi connectivity index (χ3v) is 9.56. The van der Waals surface area contributed by atoms with Crippen LogP contribution in [0.25, 0.3) is 11.1 Å². The van der Waals surface area contributed by atoms with Gasteiger partial charge in [0, 0.05) is 13.5 Å². The Hall–Kier alpha value is -2.27. The van der Waals surface area contributed by atoms with Crippen LogP contribution in [0.2, 0.25) is 18.1 Å². The maximum Gasteiger partial charge on any atom is 0.250 e. The summed E-state index contributed by atoms with van der Waals surface area (Å²) in [6.45, 7) is 13.2. The van der Waals surface area contributed by atoms with E-state index in [0.717, 1.165) is 22.4 Å². The van der Waals surface area contributed by atoms with Crippen LogP contribution >= 0.6 is 0 Å². The van der Waals surface area contributed by atoms with Crippen LogP contribution in [0, 0.1) is 0 Å².